The first kappa shape index (κ1) is 16.2. The van der Waals surface area contributed by atoms with Crippen LogP contribution >= 0.6 is 0 Å². The molecule has 0 aliphatic heterocycles. The molecule has 0 atom stereocenters. The largest absolute Gasteiger partial charge is 0.366 e. The zero-order chi connectivity index (χ0) is 16.8. The smallest absolute Gasteiger partial charge is 0.257 e. The third-order valence-corrected chi connectivity index (χ3v) is 3.27. The van der Waals surface area contributed by atoms with E-state index in [2.05, 4.69) is 16.9 Å². The Bertz CT molecular complexity index is 835. The van der Waals surface area contributed by atoms with Crippen molar-refractivity contribution in [2.24, 2.45) is 5.73 Å². The van der Waals surface area contributed by atoms with Gasteiger partial charge in [0.05, 0.1) is 11.1 Å². The predicted octanol–water partition coefficient (Wildman–Crippen LogP) is 2.47. The molecule has 5 nitrogen and oxygen atoms in total. The molecule has 5 heteroatoms. The zero-order valence-electron chi connectivity index (χ0n) is 12.7. The van der Waals surface area contributed by atoms with Crippen LogP contribution in [0.25, 0.3) is 10.9 Å². The van der Waals surface area contributed by atoms with Crippen LogP contribution in [0.5, 0.6) is 0 Å². The molecule has 0 unspecified atom stereocenters. The Morgan fingerprint density at radius 2 is 2.04 bits per heavy atom. The minimum absolute atomic E-state index is 0.255. The van der Waals surface area contributed by atoms with Gasteiger partial charge in [-0.2, -0.15) is 0 Å². The summed E-state index contributed by atoms with van der Waals surface area (Å²) in [7, 11) is 0. The van der Waals surface area contributed by atoms with Gasteiger partial charge in [0, 0.05) is 22.9 Å². The summed E-state index contributed by atoms with van der Waals surface area (Å²) in [6, 6.07) is 9.24. The van der Waals surface area contributed by atoms with Gasteiger partial charge in [-0.25, -0.2) is 0 Å². The van der Waals surface area contributed by atoms with E-state index in [9.17, 15) is 9.59 Å². The van der Waals surface area contributed by atoms with Gasteiger partial charge < -0.3 is 11.1 Å². The van der Waals surface area contributed by atoms with Crippen molar-refractivity contribution in [1.82, 2.24) is 10.3 Å². The third kappa shape index (κ3) is 3.91. The van der Waals surface area contributed by atoms with Crippen molar-refractivity contribution < 1.29 is 9.59 Å². The summed E-state index contributed by atoms with van der Waals surface area (Å²) in [6.07, 6.45) is 6.21. The fourth-order valence-corrected chi connectivity index (χ4v) is 1.95. The number of nitrogens with two attached hydrogens (primary N) is 1. The Kier molecular flexibility index (Phi) is 5.04. The molecule has 2 aromatic rings. The number of carbonyl (C=O) groups is 2. The summed E-state index contributed by atoms with van der Waals surface area (Å²) in [5.41, 5.74) is 7.06. The molecule has 0 saturated carbocycles. The van der Waals surface area contributed by atoms with Crippen LogP contribution in [0.2, 0.25) is 0 Å². The van der Waals surface area contributed by atoms with Gasteiger partial charge in [0.1, 0.15) is 0 Å². The molecular weight excluding hydrogens is 290 g/mol. The number of fused-ring (bicyclic) bond motifs is 1. The van der Waals surface area contributed by atoms with Gasteiger partial charge >= 0.3 is 0 Å². The van der Waals surface area contributed by atoms with Crippen molar-refractivity contribution in [2.45, 2.75) is 6.92 Å². The van der Waals surface area contributed by atoms with Crippen LogP contribution in [-0.4, -0.2) is 16.8 Å². The average molecular weight is 307 g/mol. The number of hydrogen-bond acceptors (Lipinski definition) is 3. The summed E-state index contributed by atoms with van der Waals surface area (Å²) in [6.45, 7) is 5.11. The highest BCUT2D eigenvalue weighted by Crippen LogP contribution is 2.13. The number of rotatable bonds is 5. The highest BCUT2D eigenvalue weighted by Gasteiger charge is 2.12. The molecule has 0 spiro atoms. The number of primary amides is 1. The molecule has 2 amide bonds. The van der Waals surface area contributed by atoms with Crippen LogP contribution in [0.3, 0.4) is 0 Å². The molecule has 0 bridgehead atoms. The van der Waals surface area contributed by atoms with Gasteiger partial charge in [-0.3, -0.25) is 14.6 Å². The molecule has 1 aromatic heterocycles. The van der Waals surface area contributed by atoms with E-state index in [1.165, 1.54) is 12.3 Å². The van der Waals surface area contributed by atoms with Gasteiger partial charge in [0.15, 0.2) is 0 Å². The van der Waals surface area contributed by atoms with E-state index in [0.717, 1.165) is 10.9 Å². The number of carbonyl (C=O) groups excluding carboxylic acids is 2. The lowest BCUT2D eigenvalue weighted by molar-refractivity contribution is -0.114. The number of hydrogen-bond donors (Lipinski definition) is 2. The molecule has 23 heavy (non-hydrogen) atoms. The number of benzene rings is 1. The number of aromatic nitrogens is 1. The van der Waals surface area contributed by atoms with E-state index in [4.69, 9.17) is 5.73 Å². The minimum atomic E-state index is -0.606. The van der Waals surface area contributed by atoms with Gasteiger partial charge in [-0.1, -0.05) is 36.9 Å². The summed E-state index contributed by atoms with van der Waals surface area (Å²) in [5, 5.41) is 3.54. The van der Waals surface area contributed by atoms with Crippen molar-refractivity contribution >= 4 is 22.7 Å². The first-order valence-corrected chi connectivity index (χ1v) is 6.99. The molecule has 0 aliphatic rings. The standard InChI is InChI=1S/C18H17N3O2/c1-3-4-8-15(12(2)17(19)22)21-18(23)14-10-13-7-5-6-9-16(13)20-11-14/h3-11H,1H2,2H3,(H2,19,22)(H,21,23)/b8-4-,15-12-. The molecule has 116 valence electrons. The number of pyridine rings is 1. The molecule has 0 radical (unpaired) electrons. The lowest BCUT2D eigenvalue weighted by Gasteiger charge is -2.09. The highest BCUT2D eigenvalue weighted by atomic mass is 16.2. The van der Waals surface area contributed by atoms with Crippen LogP contribution < -0.4 is 11.1 Å². The summed E-state index contributed by atoms with van der Waals surface area (Å²) >= 11 is 0. The van der Waals surface area contributed by atoms with E-state index >= 15 is 0 Å². The summed E-state index contributed by atoms with van der Waals surface area (Å²) in [5.74, 6) is -0.974. The number of para-hydroxylation sites is 1. The van der Waals surface area contributed by atoms with E-state index in [0.29, 0.717) is 11.3 Å². The van der Waals surface area contributed by atoms with Gasteiger partial charge in [-0.15, -0.1) is 0 Å². The van der Waals surface area contributed by atoms with Crippen molar-refractivity contribution in [3.8, 4) is 0 Å². The number of allylic oxidation sites excluding steroid dienone is 3. The normalized spacial score (nSPS) is 12.0. The summed E-state index contributed by atoms with van der Waals surface area (Å²) < 4.78 is 0. The fraction of sp³-hybridized carbons (Fsp3) is 0.0556. The van der Waals surface area contributed by atoms with E-state index in [1.54, 1.807) is 25.1 Å². The molecule has 2 rings (SSSR count). The quantitative estimate of drug-likeness (QED) is 0.657. The average Bonchev–Trinajstić information content (AvgIpc) is 2.57. The van der Waals surface area contributed by atoms with Crippen molar-refractivity contribution in [3.63, 3.8) is 0 Å². The Hall–Kier alpha value is -3.21. The van der Waals surface area contributed by atoms with Gasteiger partial charge in [0.25, 0.3) is 5.91 Å². The predicted molar refractivity (Wildman–Crippen MR) is 90.4 cm³/mol. The number of nitrogens with one attached hydrogen (secondary N) is 1. The second kappa shape index (κ2) is 7.17. The van der Waals surface area contributed by atoms with E-state index in [1.807, 2.05) is 24.3 Å². The van der Waals surface area contributed by atoms with Crippen molar-refractivity contribution in [1.29, 1.82) is 0 Å². The van der Waals surface area contributed by atoms with E-state index in [-0.39, 0.29) is 11.5 Å². The first-order valence-electron chi connectivity index (χ1n) is 6.99. The third-order valence-electron chi connectivity index (χ3n) is 3.27. The number of nitrogens with zero attached hydrogens (tertiary/aromatic N) is 1. The maximum Gasteiger partial charge on any atom is 0.257 e. The van der Waals surface area contributed by atoms with Crippen LogP contribution in [0.15, 0.2) is 72.6 Å². The number of amides is 2. The topological polar surface area (TPSA) is 85.1 Å². The molecule has 1 heterocycles. The minimum Gasteiger partial charge on any atom is -0.366 e. The van der Waals surface area contributed by atoms with Crippen LogP contribution in [-0.2, 0) is 4.79 Å². The highest BCUT2D eigenvalue weighted by molar-refractivity contribution is 6.00. The maximum atomic E-state index is 12.4. The molecule has 3 N–H and O–H groups in total. The van der Waals surface area contributed by atoms with E-state index < -0.39 is 5.91 Å². The molecular formula is C18H17N3O2. The Labute approximate surface area is 134 Å². The second-order valence-electron chi connectivity index (χ2n) is 4.87. The molecule has 0 aliphatic carbocycles. The van der Waals surface area contributed by atoms with Crippen molar-refractivity contribution in [3.05, 3.63) is 78.2 Å². The lowest BCUT2D eigenvalue weighted by Crippen LogP contribution is -2.26. The zero-order valence-corrected chi connectivity index (χ0v) is 12.7. The Morgan fingerprint density at radius 3 is 2.74 bits per heavy atom. The van der Waals surface area contributed by atoms with Crippen molar-refractivity contribution in [2.75, 3.05) is 0 Å². The molecule has 1 aromatic carbocycles. The Balaban J connectivity index is 2.33. The molecule has 0 fully saturated rings. The maximum absolute atomic E-state index is 12.4. The fourth-order valence-electron chi connectivity index (χ4n) is 1.95. The van der Waals surface area contributed by atoms with Crippen LogP contribution in [0.1, 0.15) is 17.3 Å². The van der Waals surface area contributed by atoms with Crippen LogP contribution in [0.4, 0.5) is 0 Å². The summed E-state index contributed by atoms with van der Waals surface area (Å²) in [4.78, 5) is 28.0. The van der Waals surface area contributed by atoms with Gasteiger partial charge in [-0.05, 0) is 25.1 Å². The molecule has 0 saturated heterocycles. The first-order chi connectivity index (χ1) is 11.0. The second-order valence-corrected chi connectivity index (χ2v) is 4.87. The SMILES string of the molecule is C=C/C=C\C(NC(=O)c1cnc2ccccc2c1)=C(/C)C(N)=O. The van der Waals surface area contributed by atoms with Gasteiger partial charge in [0.2, 0.25) is 5.91 Å². The monoisotopic (exact) mass is 307 g/mol. The Morgan fingerprint density at radius 1 is 1.30 bits per heavy atom. The lowest BCUT2D eigenvalue weighted by atomic mass is 10.1. The van der Waals surface area contributed by atoms with Crippen LogP contribution in [0, 0.1) is 0 Å².